The van der Waals surface area contributed by atoms with Crippen molar-refractivity contribution in [3.05, 3.63) is 36.6 Å². The third-order valence-electron chi connectivity index (χ3n) is 7.07. The van der Waals surface area contributed by atoms with E-state index in [9.17, 15) is 58.5 Å². The highest BCUT2D eigenvalue weighted by Gasteiger charge is 2.51. The van der Waals surface area contributed by atoms with Crippen LogP contribution >= 0.6 is 23.5 Å². The Kier molecular flexibility index (Phi) is 10.6. The normalized spacial score (nSPS) is 31.9. The molecule has 2 fully saturated rings. The average Bonchev–Trinajstić information content (AvgIpc) is 3.64. The molecule has 0 aliphatic carbocycles. The van der Waals surface area contributed by atoms with Crippen molar-refractivity contribution < 1.29 is 85.8 Å². The minimum absolute atomic E-state index is 0.000414. The van der Waals surface area contributed by atoms with Gasteiger partial charge in [-0.15, -0.1) is 0 Å². The fourth-order valence-corrected chi connectivity index (χ4v) is 7.58. The van der Waals surface area contributed by atoms with E-state index < -0.39 is 91.7 Å². The van der Waals surface area contributed by atoms with E-state index in [0.717, 1.165) is 23.4 Å². The van der Waals surface area contributed by atoms with Crippen molar-refractivity contribution in [2.24, 2.45) is 0 Å². The standard InChI is InChI=1S/C21H29N6O18P3/c22-17-12-18(24-7-23-17)27(8-25-12)20-16(44-46(33,34)35)14(29)11(43-20)6-41-48(38,39)45-47(36,37)40-5-10-13(28)15(30)19(42-10)26-3-1-2-9(4-26)21(31)32/h1-2,4,7-8,10-11,13-16,19-20,28-30H,3,5-6H2,(H,31,32)(H,36,37)(H,38,39)(H2,22,23,24)(H2,33,34,35)/t10?,11-,13-,14-,15-,16-,19?,20-/m1/s1. The van der Waals surface area contributed by atoms with Crippen molar-refractivity contribution in [2.45, 2.75) is 49.1 Å². The molecule has 2 saturated heterocycles. The number of aliphatic hydroxyl groups excluding tert-OH is 3. The summed E-state index contributed by atoms with van der Waals surface area (Å²) in [6, 6.07) is 0. The maximum atomic E-state index is 12.6. The van der Waals surface area contributed by atoms with Gasteiger partial charge in [-0.2, -0.15) is 4.31 Å². The van der Waals surface area contributed by atoms with E-state index in [1.54, 1.807) is 0 Å². The molecule has 4 unspecified atom stereocenters. The van der Waals surface area contributed by atoms with Crippen molar-refractivity contribution in [2.75, 3.05) is 25.5 Å². The van der Waals surface area contributed by atoms with Gasteiger partial charge in [0.2, 0.25) is 0 Å². The van der Waals surface area contributed by atoms with Gasteiger partial charge in [0, 0.05) is 12.7 Å². The molecule has 3 aliphatic rings. The molecular formula is C21H29N6O18P3. The van der Waals surface area contributed by atoms with E-state index in [2.05, 4.69) is 32.8 Å². The molecule has 5 rings (SSSR count). The summed E-state index contributed by atoms with van der Waals surface area (Å²) in [5, 5.41) is 40.7. The molecule has 27 heteroatoms. The molecule has 48 heavy (non-hydrogen) atoms. The average molecular weight is 746 g/mol. The summed E-state index contributed by atoms with van der Waals surface area (Å²) < 4.78 is 67.1. The number of phosphoric ester groups is 3. The largest absolute Gasteiger partial charge is 0.481 e. The summed E-state index contributed by atoms with van der Waals surface area (Å²) in [5.41, 5.74) is 5.66. The smallest absolute Gasteiger partial charge is 0.478 e. The number of imidazole rings is 1. The van der Waals surface area contributed by atoms with Gasteiger partial charge >= 0.3 is 29.4 Å². The molecule has 0 spiro atoms. The fourth-order valence-electron chi connectivity index (χ4n) is 4.94. The van der Waals surface area contributed by atoms with Crippen LogP contribution in [0.5, 0.6) is 0 Å². The molecule has 5 heterocycles. The summed E-state index contributed by atoms with van der Waals surface area (Å²) in [4.78, 5) is 63.2. The molecule has 10 N–H and O–H groups in total. The first kappa shape index (κ1) is 36.5. The number of ether oxygens (including phenoxy) is 2. The second-order valence-corrected chi connectivity index (χ2v) is 14.6. The molecule has 0 radical (unpaired) electrons. The Morgan fingerprint density at radius 2 is 1.56 bits per heavy atom. The number of nitrogens with two attached hydrogens (primary N) is 1. The Labute approximate surface area is 268 Å². The summed E-state index contributed by atoms with van der Waals surface area (Å²) in [6.07, 6.45) is -7.13. The predicted molar refractivity (Wildman–Crippen MR) is 151 cm³/mol. The Morgan fingerprint density at radius 3 is 2.19 bits per heavy atom. The van der Waals surface area contributed by atoms with Crippen molar-refractivity contribution in [1.82, 2.24) is 24.4 Å². The molecule has 0 bridgehead atoms. The van der Waals surface area contributed by atoms with Crippen LogP contribution in [0.15, 0.2) is 36.6 Å². The number of rotatable bonds is 13. The molecule has 266 valence electrons. The summed E-state index contributed by atoms with van der Waals surface area (Å²) in [7, 11) is -16.3. The molecule has 2 aromatic rings. The maximum Gasteiger partial charge on any atom is 0.481 e. The lowest BCUT2D eigenvalue weighted by Crippen LogP contribution is -2.42. The van der Waals surface area contributed by atoms with E-state index in [-0.39, 0.29) is 29.1 Å². The predicted octanol–water partition coefficient (Wildman–Crippen LogP) is -2.32. The number of nitrogens with zero attached hydrogens (tertiary/aromatic N) is 5. The fraction of sp³-hybridized carbons (Fsp3) is 0.524. The third-order valence-corrected chi connectivity index (χ3v) is 10.2. The van der Waals surface area contributed by atoms with Crippen molar-refractivity contribution >= 4 is 46.4 Å². The Morgan fingerprint density at radius 1 is 0.938 bits per heavy atom. The highest BCUT2D eigenvalue weighted by atomic mass is 31.3. The number of carboxylic acids is 1. The van der Waals surface area contributed by atoms with Gasteiger partial charge < -0.3 is 60.1 Å². The Balaban J connectivity index is 1.20. The number of aliphatic hydroxyl groups is 3. The number of anilines is 1. The zero-order chi connectivity index (χ0) is 35.2. The lowest BCUT2D eigenvalue weighted by molar-refractivity contribution is -0.132. The lowest BCUT2D eigenvalue weighted by atomic mass is 10.1. The number of aliphatic carboxylic acids is 1. The molecule has 10 atom stereocenters. The highest BCUT2D eigenvalue weighted by Crippen LogP contribution is 2.61. The van der Waals surface area contributed by atoms with Gasteiger partial charge in [-0.05, 0) is 6.08 Å². The molecular weight excluding hydrogens is 717 g/mol. The number of fused-ring (bicyclic) bond motifs is 1. The molecule has 24 nitrogen and oxygen atoms in total. The van der Waals surface area contributed by atoms with E-state index in [1.807, 2.05) is 0 Å². The molecule has 3 aliphatic heterocycles. The van der Waals surface area contributed by atoms with Gasteiger partial charge in [0.15, 0.2) is 23.9 Å². The number of phosphoric acid groups is 3. The van der Waals surface area contributed by atoms with Crippen LogP contribution in [0.1, 0.15) is 6.23 Å². The van der Waals surface area contributed by atoms with Crippen LogP contribution in [0.4, 0.5) is 5.82 Å². The quantitative estimate of drug-likeness (QED) is 0.0971. The molecule has 0 aromatic carbocycles. The zero-order valence-corrected chi connectivity index (χ0v) is 26.6. The van der Waals surface area contributed by atoms with Crippen molar-refractivity contribution in [3.8, 4) is 0 Å². The van der Waals surface area contributed by atoms with E-state index in [0.29, 0.717) is 0 Å². The van der Waals surface area contributed by atoms with E-state index >= 15 is 0 Å². The first-order valence-electron chi connectivity index (χ1n) is 13.4. The second kappa shape index (κ2) is 13.9. The van der Waals surface area contributed by atoms with Crippen molar-refractivity contribution in [1.29, 1.82) is 0 Å². The third kappa shape index (κ3) is 8.17. The number of hydrogen-bond donors (Lipinski definition) is 9. The maximum absolute atomic E-state index is 12.6. The molecule has 0 saturated carbocycles. The Hall–Kier alpha value is -2.73. The van der Waals surface area contributed by atoms with Crippen molar-refractivity contribution in [3.63, 3.8) is 0 Å². The van der Waals surface area contributed by atoms with E-state index in [1.165, 1.54) is 17.1 Å². The number of carboxylic acid groups (broad SMARTS) is 1. The van der Waals surface area contributed by atoms with Gasteiger partial charge in [-0.25, -0.2) is 33.4 Å². The molecule has 2 aromatic heterocycles. The topological polar surface area (TPSA) is 358 Å². The van der Waals surface area contributed by atoms with Crippen LogP contribution in [0.25, 0.3) is 11.2 Å². The summed E-state index contributed by atoms with van der Waals surface area (Å²) in [5.74, 6) is -1.33. The van der Waals surface area contributed by atoms with Gasteiger partial charge in [0.1, 0.15) is 48.5 Å². The number of hydrogen-bond acceptors (Lipinski definition) is 18. The van der Waals surface area contributed by atoms with Gasteiger partial charge in [0.05, 0.1) is 25.1 Å². The Bertz CT molecular complexity index is 1730. The van der Waals surface area contributed by atoms with Crippen LogP contribution in [0.3, 0.4) is 0 Å². The SMILES string of the molecule is Nc1ncnc2c1ncn2[C@@H]1O[C@H](COP(=O)(O)OP(=O)(O)OCC2OC(N3C=C(C(=O)O)C=CC3)[C@H](O)[C@@H]2O)[C@@H](O)[C@H]1OP(=O)(O)O. The van der Waals surface area contributed by atoms with Crippen LogP contribution in [-0.2, 0) is 45.8 Å². The van der Waals surface area contributed by atoms with Gasteiger partial charge in [-0.3, -0.25) is 18.1 Å². The number of nitrogen functional groups attached to an aromatic ring is 1. The highest BCUT2D eigenvalue weighted by molar-refractivity contribution is 7.61. The minimum Gasteiger partial charge on any atom is -0.478 e. The first-order valence-corrected chi connectivity index (χ1v) is 17.9. The summed E-state index contributed by atoms with van der Waals surface area (Å²) in [6.45, 7) is -1.97. The number of aromatic nitrogens is 4. The van der Waals surface area contributed by atoms with Crippen LogP contribution < -0.4 is 5.73 Å². The minimum atomic E-state index is -5.53. The molecule has 0 amide bonds. The summed E-state index contributed by atoms with van der Waals surface area (Å²) >= 11 is 0. The second-order valence-electron chi connectivity index (χ2n) is 10.3. The lowest BCUT2D eigenvalue weighted by Gasteiger charge is -2.30. The van der Waals surface area contributed by atoms with Crippen LogP contribution in [0, 0.1) is 0 Å². The van der Waals surface area contributed by atoms with E-state index in [4.69, 9.17) is 15.2 Å². The monoisotopic (exact) mass is 746 g/mol. The van der Waals surface area contributed by atoms with Gasteiger partial charge in [-0.1, -0.05) is 6.08 Å². The zero-order valence-electron chi connectivity index (χ0n) is 23.9. The first-order chi connectivity index (χ1) is 22.4. The van der Waals surface area contributed by atoms with Gasteiger partial charge in [0.25, 0.3) is 0 Å². The van der Waals surface area contributed by atoms with Crippen LogP contribution in [-0.4, -0.2) is 133 Å². The number of carbonyl (C=O) groups is 1. The van der Waals surface area contributed by atoms with Crippen LogP contribution in [0.2, 0.25) is 0 Å².